The van der Waals surface area contributed by atoms with Crippen molar-refractivity contribution in [1.82, 2.24) is 25.6 Å². The molecule has 1 aromatic carbocycles. The van der Waals surface area contributed by atoms with Crippen molar-refractivity contribution in [3.63, 3.8) is 0 Å². The molecule has 0 fully saturated rings. The highest BCUT2D eigenvalue weighted by molar-refractivity contribution is 7.71. The molecule has 30 heavy (non-hydrogen) atoms. The molecule has 0 spiro atoms. The highest BCUT2D eigenvalue weighted by atomic mass is 35.5. The van der Waals surface area contributed by atoms with Crippen molar-refractivity contribution in [2.75, 3.05) is 0 Å². The van der Waals surface area contributed by atoms with E-state index in [0.717, 1.165) is 31.2 Å². The number of carbonyl (C=O) groups is 2. The van der Waals surface area contributed by atoms with Crippen LogP contribution < -0.4 is 10.9 Å². The van der Waals surface area contributed by atoms with Crippen LogP contribution in [0.15, 0.2) is 30.3 Å². The maximum absolute atomic E-state index is 12.5. The van der Waals surface area contributed by atoms with Crippen molar-refractivity contribution in [2.45, 2.75) is 38.6 Å². The van der Waals surface area contributed by atoms with Crippen molar-refractivity contribution in [2.24, 2.45) is 0 Å². The predicted octanol–water partition coefficient (Wildman–Crippen LogP) is 4.05. The number of halogens is 1. The Balaban J connectivity index is 1.40. The van der Waals surface area contributed by atoms with E-state index in [4.69, 9.17) is 23.8 Å². The first-order valence-electron chi connectivity index (χ1n) is 9.63. The van der Waals surface area contributed by atoms with E-state index in [-0.39, 0.29) is 12.5 Å². The third-order valence-electron chi connectivity index (χ3n) is 4.95. The standard InChI is InChI=1S/C20H20ClN5O2S2/c21-14-8-6-12(7-9-14)18-23-25-20(29)26(18)11-17(27)22-24-19(28)16-10-13-4-2-1-3-5-15(13)30-16/h6-10H,1-5,11H2,(H,22,27)(H,24,28)(H,25,29). The number of nitrogens with one attached hydrogen (secondary N) is 3. The largest absolute Gasteiger partial charge is 0.291 e. The molecule has 4 rings (SSSR count). The summed E-state index contributed by atoms with van der Waals surface area (Å²) in [5, 5.41) is 7.49. The summed E-state index contributed by atoms with van der Waals surface area (Å²) in [7, 11) is 0. The molecular formula is C20H20ClN5O2S2. The van der Waals surface area contributed by atoms with Crippen LogP contribution >= 0.6 is 35.2 Å². The Bertz CT molecular complexity index is 1110. The van der Waals surface area contributed by atoms with Gasteiger partial charge in [-0.15, -0.1) is 11.3 Å². The number of aryl methyl sites for hydroxylation is 2. The molecule has 0 radical (unpaired) electrons. The summed E-state index contributed by atoms with van der Waals surface area (Å²) in [4.78, 5) is 26.8. The van der Waals surface area contributed by atoms with Gasteiger partial charge in [0.1, 0.15) is 6.54 Å². The molecule has 0 bridgehead atoms. The Hall–Kier alpha value is -2.49. The summed E-state index contributed by atoms with van der Waals surface area (Å²) in [5.41, 5.74) is 6.99. The molecule has 2 heterocycles. The zero-order valence-corrected chi connectivity index (χ0v) is 18.4. The molecule has 0 saturated heterocycles. The fourth-order valence-electron chi connectivity index (χ4n) is 3.43. The van der Waals surface area contributed by atoms with Crippen molar-refractivity contribution >= 4 is 47.0 Å². The van der Waals surface area contributed by atoms with Gasteiger partial charge >= 0.3 is 0 Å². The SMILES string of the molecule is O=C(Cn1c(-c2ccc(Cl)cc2)n[nH]c1=S)NNC(=O)c1cc2c(s1)CCCCC2. The summed E-state index contributed by atoms with van der Waals surface area (Å²) in [5.74, 6) is -0.204. The molecule has 3 aromatic rings. The van der Waals surface area contributed by atoms with Gasteiger partial charge in [0, 0.05) is 15.5 Å². The highest BCUT2D eigenvalue weighted by Crippen LogP contribution is 2.28. The van der Waals surface area contributed by atoms with Crippen molar-refractivity contribution < 1.29 is 9.59 Å². The zero-order chi connectivity index (χ0) is 21.1. The Labute approximate surface area is 187 Å². The first kappa shape index (κ1) is 20.8. The molecule has 1 aliphatic carbocycles. The van der Waals surface area contributed by atoms with Gasteiger partial charge in [0.25, 0.3) is 11.8 Å². The molecule has 7 nitrogen and oxygen atoms in total. The number of amides is 2. The van der Waals surface area contributed by atoms with Gasteiger partial charge in [-0.25, -0.2) is 0 Å². The second-order valence-electron chi connectivity index (χ2n) is 7.07. The molecular weight excluding hydrogens is 442 g/mol. The van der Waals surface area contributed by atoms with Gasteiger partial charge in [-0.3, -0.25) is 30.1 Å². The van der Waals surface area contributed by atoms with Gasteiger partial charge in [-0.1, -0.05) is 18.0 Å². The van der Waals surface area contributed by atoms with Crippen LogP contribution in [0.4, 0.5) is 0 Å². The minimum absolute atomic E-state index is 0.0888. The van der Waals surface area contributed by atoms with Crippen LogP contribution in [0.3, 0.4) is 0 Å². The number of H-pyrrole nitrogens is 1. The Morgan fingerprint density at radius 1 is 1.17 bits per heavy atom. The molecule has 156 valence electrons. The van der Waals surface area contributed by atoms with Crippen LogP contribution in [-0.2, 0) is 24.2 Å². The van der Waals surface area contributed by atoms with Gasteiger partial charge in [-0.2, -0.15) is 5.10 Å². The monoisotopic (exact) mass is 461 g/mol. The lowest BCUT2D eigenvalue weighted by Crippen LogP contribution is -2.43. The number of hydrogen-bond donors (Lipinski definition) is 3. The van der Waals surface area contributed by atoms with Crippen LogP contribution in [-0.4, -0.2) is 26.6 Å². The van der Waals surface area contributed by atoms with E-state index in [2.05, 4.69) is 21.0 Å². The molecule has 0 atom stereocenters. The average molecular weight is 462 g/mol. The molecule has 10 heteroatoms. The number of aromatic amines is 1. The van der Waals surface area contributed by atoms with Crippen LogP contribution in [0.1, 0.15) is 39.4 Å². The van der Waals surface area contributed by atoms with E-state index in [1.165, 1.54) is 28.2 Å². The Morgan fingerprint density at radius 3 is 2.73 bits per heavy atom. The summed E-state index contributed by atoms with van der Waals surface area (Å²) in [6.45, 7) is -0.0888. The van der Waals surface area contributed by atoms with E-state index in [0.29, 0.717) is 20.5 Å². The fourth-order valence-corrected chi connectivity index (χ4v) is 4.91. The molecule has 3 N–H and O–H groups in total. The van der Waals surface area contributed by atoms with Crippen LogP contribution in [0.5, 0.6) is 0 Å². The van der Waals surface area contributed by atoms with Crippen LogP contribution in [0.25, 0.3) is 11.4 Å². The minimum atomic E-state index is -0.408. The number of aromatic nitrogens is 3. The minimum Gasteiger partial charge on any atom is -0.291 e. The van der Waals surface area contributed by atoms with Gasteiger partial charge in [-0.05, 0) is 73.8 Å². The van der Waals surface area contributed by atoms with Gasteiger partial charge in [0.15, 0.2) is 10.6 Å². The van der Waals surface area contributed by atoms with Crippen molar-refractivity contribution in [1.29, 1.82) is 0 Å². The van der Waals surface area contributed by atoms with Gasteiger partial charge in [0.05, 0.1) is 4.88 Å². The number of benzene rings is 1. The van der Waals surface area contributed by atoms with Crippen molar-refractivity contribution in [3.8, 4) is 11.4 Å². The Kier molecular flexibility index (Phi) is 6.31. The van der Waals surface area contributed by atoms with Gasteiger partial charge in [0.2, 0.25) is 0 Å². The molecule has 1 aliphatic rings. The van der Waals surface area contributed by atoms with Crippen LogP contribution in [0, 0.1) is 4.77 Å². The molecule has 2 aromatic heterocycles. The lowest BCUT2D eigenvalue weighted by atomic mass is 10.1. The maximum Gasteiger partial charge on any atom is 0.279 e. The molecule has 0 unspecified atom stereocenters. The number of thiophene rings is 1. The molecule has 2 amide bonds. The third kappa shape index (κ3) is 4.63. The molecule has 0 saturated carbocycles. The highest BCUT2D eigenvalue weighted by Gasteiger charge is 2.18. The Morgan fingerprint density at radius 2 is 1.93 bits per heavy atom. The summed E-state index contributed by atoms with van der Waals surface area (Å²) >= 11 is 12.7. The quantitative estimate of drug-likeness (QED) is 0.310. The summed E-state index contributed by atoms with van der Waals surface area (Å²) in [6.07, 6.45) is 5.58. The number of rotatable bonds is 4. The van der Waals surface area contributed by atoms with Gasteiger partial charge < -0.3 is 0 Å². The lowest BCUT2D eigenvalue weighted by molar-refractivity contribution is -0.122. The predicted molar refractivity (Wildman–Crippen MR) is 119 cm³/mol. The van der Waals surface area contributed by atoms with E-state index in [1.807, 2.05) is 6.07 Å². The zero-order valence-electron chi connectivity index (χ0n) is 16.0. The number of hydrogen-bond acceptors (Lipinski definition) is 5. The van der Waals surface area contributed by atoms with Crippen LogP contribution in [0.2, 0.25) is 5.02 Å². The maximum atomic E-state index is 12.5. The van der Waals surface area contributed by atoms with Crippen molar-refractivity contribution in [3.05, 3.63) is 55.4 Å². The average Bonchev–Trinajstić information content (AvgIpc) is 3.23. The second kappa shape index (κ2) is 9.11. The normalized spacial score (nSPS) is 13.4. The number of carbonyl (C=O) groups excluding carboxylic acids is 2. The number of fused-ring (bicyclic) bond motifs is 1. The topological polar surface area (TPSA) is 91.8 Å². The fraction of sp³-hybridized carbons (Fsp3) is 0.300. The number of nitrogens with zero attached hydrogens (tertiary/aromatic N) is 2. The smallest absolute Gasteiger partial charge is 0.279 e. The number of hydrazine groups is 1. The lowest BCUT2D eigenvalue weighted by Gasteiger charge is -2.09. The summed E-state index contributed by atoms with van der Waals surface area (Å²) in [6, 6.07) is 9.01. The first-order chi connectivity index (χ1) is 14.5. The summed E-state index contributed by atoms with van der Waals surface area (Å²) < 4.78 is 1.87. The van der Waals surface area contributed by atoms with E-state index in [9.17, 15) is 9.59 Å². The van der Waals surface area contributed by atoms with E-state index >= 15 is 0 Å². The second-order valence-corrected chi connectivity index (χ2v) is 9.03. The molecule has 0 aliphatic heterocycles. The van der Waals surface area contributed by atoms with E-state index in [1.54, 1.807) is 28.8 Å². The first-order valence-corrected chi connectivity index (χ1v) is 11.2. The van der Waals surface area contributed by atoms with E-state index < -0.39 is 5.91 Å². The third-order valence-corrected chi connectivity index (χ3v) is 6.75.